The molecule has 2 aliphatic rings. The molecule has 35 heavy (non-hydrogen) atoms. The minimum Gasteiger partial charge on any atom is -0.486 e. The van der Waals surface area contributed by atoms with Gasteiger partial charge in [-0.3, -0.25) is 0 Å². The van der Waals surface area contributed by atoms with Crippen molar-refractivity contribution in [3.63, 3.8) is 0 Å². The second-order valence-electron chi connectivity index (χ2n) is 10.1. The van der Waals surface area contributed by atoms with Gasteiger partial charge in [-0.1, -0.05) is 35.9 Å². The van der Waals surface area contributed by atoms with Crippen molar-refractivity contribution in [1.29, 1.82) is 0 Å². The Bertz CT molecular complexity index is 1110. The molecule has 2 saturated carbocycles. The lowest BCUT2D eigenvalue weighted by atomic mass is 9.93. The van der Waals surface area contributed by atoms with Crippen LogP contribution in [0, 0.1) is 11.8 Å². The lowest BCUT2D eigenvalue weighted by Crippen LogP contribution is -2.54. The van der Waals surface area contributed by atoms with Crippen LogP contribution in [0.4, 0.5) is 0 Å². The fourth-order valence-corrected chi connectivity index (χ4v) is 7.74. The number of hydrogen-bond acceptors (Lipinski definition) is 6. The van der Waals surface area contributed by atoms with Crippen molar-refractivity contribution < 1.29 is 23.9 Å². The van der Waals surface area contributed by atoms with Crippen molar-refractivity contribution in [3.05, 3.63) is 74.1 Å². The van der Waals surface area contributed by atoms with Crippen LogP contribution in [0.5, 0.6) is 5.75 Å². The van der Waals surface area contributed by atoms with Gasteiger partial charge in [0.2, 0.25) is 5.60 Å². The Hall–Kier alpha value is -1.90. The van der Waals surface area contributed by atoms with Gasteiger partial charge in [-0.25, -0.2) is 4.79 Å². The number of para-hydroxylation sites is 1. The molecule has 1 aromatic carbocycles. The molecule has 0 spiro atoms. The average Bonchev–Trinajstić information content (AvgIpc) is 3.65. The molecular formula is C27H31ClNO4S2+. The van der Waals surface area contributed by atoms with Crippen molar-refractivity contribution in [1.82, 2.24) is 0 Å². The molecule has 5 nitrogen and oxygen atoms in total. The minimum absolute atomic E-state index is 0.166. The molecule has 3 aromatic rings. The molecule has 2 fully saturated rings. The van der Waals surface area contributed by atoms with E-state index in [4.69, 9.17) is 21.1 Å². The normalized spacial score (nSPS) is 24.0. The van der Waals surface area contributed by atoms with Crippen LogP contribution < -0.4 is 4.74 Å². The molecule has 2 bridgehead atoms. The van der Waals surface area contributed by atoms with Crippen molar-refractivity contribution in [2.75, 3.05) is 27.2 Å². The molecular weight excluding hydrogens is 502 g/mol. The molecule has 2 heterocycles. The standard InChI is InChI=1S/C27H31ClNO4S2/c1-29(2,13-14-32-22-8-4-3-7-20(22)28)21-17-18-11-12-19(21)25(18)33-26(30)27(31,23-9-5-15-34-23)24-10-6-16-35-24/h3-10,15-16,18-19,21,25,31H,11-14,17H2,1-2H3/q+1. The highest BCUT2D eigenvalue weighted by Gasteiger charge is 2.57. The quantitative estimate of drug-likeness (QED) is 0.289. The number of carbonyl (C=O) groups excluding carboxylic acids is 1. The monoisotopic (exact) mass is 532 g/mol. The van der Waals surface area contributed by atoms with Gasteiger partial charge in [0.25, 0.3) is 0 Å². The van der Waals surface area contributed by atoms with E-state index in [1.54, 1.807) is 12.1 Å². The first kappa shape index (κ1) is 24.8. The number of esters is 1. The Labute approximate surface area is 219 Å². The number of ether oxygens (including phenoxy) is 2. The molecule has 186 valence electrons. The molecule has 1 N–H and O–H groups in total. The van der Waals surface area contributed by atoms with Gasteiger partial charge in [0.15, 0.2) is 0 Å². The first-order chi connectivity index (χ1) is 16.8. The van der Waals surface area contributed by atoms with Crippen LogP contribution >= 0.6 is 34.3 Å². The van der Waals surface area contributed by atoms with E-state index >= 15 is 0 Å². The summed E-state index contributed by atoms with van der Waals surface area (Å²) in [6.45, 7) is 1.39. The van der Waals surface area contributed by atoms with E-state index in [1.165, 1.54) is 22.7 Å². The number of aliphatic hydroxyl groups is 1. The molecule has 4 atom stereocenters. The number of quaternary nitrogens is 1. The summed E-state index contributed by atoms with van der Waals surface area (Å²) in [7, 11) is 4.46. The van der Waals surface area contributed by atoms with Crippen LogP contribution in [-0.2, 0) is 15.1 Å². The lowest BCUT2D eigenvalue weighted by molar-refractivity contribution is -0.918. The van der Waals surface area contributed by atoms with Crippen molar-refractivity contribution >= 4 is 40.2 Å². The van der Waals surface area contributed by atoms with E-state index in [1.807, 2.05) is 47.2 Å². The van der Waals surface area contributed by atoms with Crippen LogP contribution in [-0.4, -0.2) is 55.0 Å². The Morgan fingerprint density at radius 2 is 1.77 bits per heavy atom. The average molecular weight is 533 g/mol. The summed E-state index contributed by atoms with van der Waals surface area (Å²) in [5.74, 6) is 0.745. The smallest absolute Gasteiger partial charge is 0.349 e. The molecule has 4 unspecified atom stereocenters. The van der Waals surface area contributed by atoms with Gasteiger partial charge in [0.05, 0.1) is 34.9 Å². The highest BCUT2D eigenvalue weighted by Crippen LogP contribution is 2.50. The van der Waals surface area contributed by atoms with Crippen LogP contribution in [0.2, 0.25) is 5.02 Å². The van der Waals surface area contributed by atoms with Crippen LogP contribution in [0.1, 0.15) is 29.0 Å². The highest BCUT2D eigenvalue weighted by atomic mass is 35.5. The van der Waals surface area contributed by atoms with Gasteiger partial charge in [0.1, 0.15) is 25.0 Å². The first-order valence-corrected chi connectivity index (χ1v) is 14.2. The number of rotatable bonds is 9. The Morgan fingerprint density at radius 3 is 2.40 bits per heavy atom. The van der Waals surface area contributed by atoms with Crippen molar-refractivity contribution in [2.45, 2.75) is 37.0 Å². The maximum atomic E-state index is 13.6. The molecule has 0 aliphatic heterocycles. The number of halogens is 1. The van der Waals surface area contributed by atoms with Gasteiger partial charge in [-0.15, -0.1) is 22.7 Å². The van der Waals surface area contributed by atoms with Crippen LogP contribution in [0.3, 0.4) is 0 Å². The second-order valence-corrected chi connectivity index (χ2v) is 12.4. The van der Waals surface area contributed by atoms with Gasteiger partial charge < -0.3 is 19.1 Å². The molecule has 2 aliphatic carbocycles. The zero-order chi connectivity index (χ0) is 24.6. The second kappa shape index (κ2) is 9.87. The zero-order valence-electron chi connectivity index (χ0n) is 19.9. The topological polar surface area (TPSA) is 55.8 Å². The molecule has 5 rings (SSSR count). The maximum absolute atomic E-state index is 13.6. The minimum atomic E-state index is -1.76. The molecule has 0 amide bonds. The maximum Gasteiger partial charge on any atom is 0.349 e. The lowest BCUT2D eigenvalue weighted by Gasteiger charge is -2.40. The van der Waals surface area contributed by atoms with E-state index in [2.05, 4.69) is 14.1 Å². The van der Waals surface area contributed by atoms with Gasteiger partial charge in [0, 0.05) is 18.3 Å². The predicted molar refractivity (Wildman–Crippen MR) is 140 cm³/mol. The van der Waals surface area contributed by atoms with Gasteiger partial charge >= 0.3 is 5.97 Å². The van der Waals surface area contributed by atoms with E-state index < -0.39 is 11.6 Å². The summed E-state index contributed by atoms with van der Waals surface area (Å²) in [4.78, 5) is 14.8. The van der Waals surface area contributed by atoms with E-state index in [0.717, 1.165) is 30.3 Å². The summed E-state index contributed by atoms with van der Waals surface area (Å²) in [6.07, 6.45) is 2.95. The summed E-state index contributed by atoms with van der Waals surface area (Å²) < 4.78 is 13.0. The van der Waals surface area contributed by atoms with Crippen LogP contribution in [0.15, 0.2) is 59.3 Å². The number of likely N-dealkylation sites (N-methyl/N-ethyl adjacent to an activating group) is 1. The fourth-order valence-electron chi connectivity index (χ4n) is 5.84. The number of fused-ring (bicyclic) bond motifs is 2. The number of thiophene rings is 2. The fraction of sp³-hybridized carbons (Fsp3) is 0.444. The van der Waals surface area contributed by atoms with Crippen LogP contribution in [0.25, 0.3) is 0 Å². The molecule has 0 radical (unpaired) electrons. The Kier molecular flexibility index (Phi) is 6.98. The Morgan fingerprint density at radius 1 is 1.09 bits per heavy atom. The number of carbonyl (C=O) groups is 1. The number of benzene rings is 1. The number of hydrogen-bond donors (Lipinski definition) is 1. The van der Waals surface area contributed by atoms with E-state index in [9.17, 15) is 9.90 Å². The SMILES string of the molecule is C[N+](C)(CCOc1ccccc1Cl)C1CC2CCC1C2OC(=O)C(O)(c1cccs1)c1cccs1. The van der Waals surface area contributed by atoms with Gasteiger partial charge in [-0.05, 0) is 47.9 Å². The third-order valence-corrected chi connectivity index (χ3v) is 10.0. The van der Waals surface area contributed by atoms with Gasteiger partial charge in [-0.2, -0.15) is 0 Å². The largest absolute Gasteiger partial charge is 0.486 e. The molecule has 2 aromatic heterocycles. The summed E-state index contributed by atoms with van der Waals surface area (Å²) in [5, 5.41) is 16.0. The van der Waals surface area contributed by atoms with Crippen molar-refractivity contribution in [2.24, 2.45) is 11.8 Å². The first-order valence-electron chi connectivity index (χ1n) is 12.0. The summed E-state index contributed by atoms with van der Waals surface area (Å²) >= 11 is 8.98. The predicted octanol–water partition coefficient (Wildman–Crippen LogP) is 5.56. The third-order valence-electron chi connectivity index (χ3n) is 7.75. The summed E-state index contributed by atoms with van der Waals surface area (Å²) in [6, 6.07) is 15.2. The third kappa shape index (κ3) is 4.65. The van der Waals surface area contributed by atoms with E-state index in [-0.39, 0.29) is 12.0 Å². The van der Waals surface area contributed by atoms with E-state index in [0.29, 0.717) is 39.1 Å². The summed E-state index contributed by atoms with van der Waals surface area (Å²) in [5.41, 5.74) is -1.76. The Balaban J connectivity index is 1.27. The molecule has 8 heteroatoms. The van der Waals surface area contributed by atoms with Crippen molar-refractivity contribution in [3.8, 4) is 5.75 Å². The highest BCUT2D eigenvalue weighted by molar-refractivity contribution is 7.12. The molecule has 0 saturated heterocycles. The number of nitrogens with zero attached hydrogens (tertiary/aromatic N) is 1. The zero-order valence-corrected chi connectivity index (χ0v) is 22.3.